The van der Waals surface area contributed by atoms with E-state index in [0.29, 0.717) is 22.3 Å². The lowest BCUT2D eigenvalue weighted by Gasteiger charge is -2.07. The SMILES string of the molecule is NC(=O)c1cnc2cc(OCc3ccc(F)c(Cl)c3)cnc2c1. The van der Waals surface area contributed by atoms with Gasteiger partial charge in [0.05, 0.1) is 27.8 Å². The summed E-state index contributed by atoms with van der Waals surface area (Å²) in [4.78, 5) is 19.4. The molecule has 2 aromatic heterocycles. The molecule has 0 radical (unpaired) electrons. The van der Waals surface area contributed by atoms with Crippen molar-refractivity contribution in [2.24, 2.45) is 5.73 Å². The average Bonchev–Trinajstić information content (AvgIpc) is 2.55. The summed E-state index contributed by atoms with van der Waals surface area (Å²) in [5.41, 5.74) is 7.34. The predicted molar refractivity (Wildman–Crippen MR) is 83.8 cm³/mol. The van der Waals surface area contributed by atoms with Crippen molar-refractivity contribution in [3.63, 3.8) is 0 Å². The predicted octanol–water partition coefficient (Wildman–Crippen LogP) is 3.10. The number of pyridine rings is 2. The number of carbonyl (C=O) groups excluding carboxylic acids is 1. The minimum Gasteiger partial charge on any atom is -0.487 e. The Labute approximate surface area is 135 Å². The van der Waals surface area contributed by atoms with Crippen LogP contribution in [0.25, 0.3) is 11.0 Å². The number of nitrogens with zero attached hydrogens (tertiary/aromatic N) is 2. The molecule has 0 aliphatic carbocycles. The van der Waals surface area contributed by atoms with Crippen molar-refractivity contribution in [2.45, 2.75) is 6.61 Å². The number of hydrogen-bond acceptors (Lipinski definition) is 4. The van der Waals surface area contributed by atoms with Gasteiger partial charge in [0.2, 0.25) is 5.91 Å². The lowest BCUT2D eigenvalue weighted by molar-refractivity contribution is 0.1000. The first-order valence-electron chi connectivity index (χ1n) is 6.65. The second-order valence-electron chi connectivity index (χ2n) is 4.83. The Bertz CT molecular complexity index is 902. The summed E-state index contributed by atoms with van der Waals surface area (Å²) in [5.74, 6) is -0.538. The first kappa shape index (κ1) is 15.2. The van der Waals surface area contributed by atoms with Crippen LogP contribution in [0.5, 0.6) is 5.75 Å². The largest absolute Gasteiger partial charge is 0.487 e. The summed E-state index contributed by atoms with van der Waals surface area (Å²) in [6.45, 7) is 0.215. The van der Waals surface area contributed by atoms with Gasteiger partial charge in [-0.2, -0.15) is 0 Å². The van der Waals surface area contributed by atoms with Crippen molar-refractivity contribution in [1.29, 1.82) is 0 Å². The summed E-state index contributed by atoms with van der Waals surface area (Å²) in [6.07, 6.45) is 2.90. The Morgan fingerprint density at radius 1 is 1.17 bits per heavy atom. The van der Waals surface area contributed by atoms with Crippen LogP contribution in [0.4, 0.5) is 4.39 Å². The number of fused-ring (bicyclic) bond motifs is 1. The zero-order chi connectivity index (χ0) is 16.4. The molecule has 3 rings (SSSR count). The molecule has 2 N–H and O–H groups in total. The number of halogens is 2. The fourth-order valence-electron chi connectivity index (χ4n) is 1.99. The van der Waals surface area contributed by atoms with Gasteiger partial charge in [-0.25, -0.2) is 4.39 Å². The molecule has 116 valence electrons. The minimum absolute atomic E-state index is 0.0448. The van der Waals surface area contributed by atoms with Gasteiger partial charge in [-0.05, 0) is 23.8 Å². The van der Waals surface area contributed by atoms with Gasteiger partial charge in [-0.3, -0.25) is 14.8 Å². The monoisotopic (exact) mass is 331 g/mol. The quantitative estimate of drug-likeness (QED) is 0.796. The highest BCUT2D eigenvalue weighted by atomic mass is 35.5. The van der Waals surface area contributed by atoms with Crippen molar-refractivity contribution in [3.8, 4) is 5.75 Å². The van der Waals surface area contributed by atoms with E-state index < -0.39 is 11.7 Å². The smallest absolute Gasteiger partial charge is 0.250 e. The Balaban J connectivity index is 1.79. The molecule has 0 atom stereocenters. The highest BCUT2D eigenvalue weighted by Crippen LogP contribution is 2.20. The molecule has 2 heterocycles. The molecule has 1 amide bonds. The maximum Gasteiger partial charge on any atom is 0.250 e. The molecular weight excluding hydrogens is 321 g/mol. The van der Waals surface area contributed by atoms with Gasteiger partial charge in [0.15, 0.2) is 0 Å². The van der Waals surface area contributed by atoms with Crippen LogP contribution in [0.1, 0.15) is 15.9 Å². The van der Waals surface area contributed by atoms with Crippen LogP contribution < -0.4 is 10.5 Å². The van der Waals surface area contributed by atoms with Crippen LogP contribution in [0, 0.1) is 5.82 Å². The summed E-state index contributed by atoms with van der Waals surface area (Å²) in [6, 6.07) is 7.63. The van der Waals surface area contributed by atoms with Crippen LogP contribution in [0.2, 0.25) is 5.02 Å². The second-order valence-corrected chi connectivity index (χ2v) is 5.24. The molecular formula is C16H11ClFN3O2. The molecule has 1 aromatic carbocycles. The van der Waals surface area contributed by atoms with E-state index in [2.05, 4.69) is 9.97 Å². The third-order valence-electron chi connectivity index (χ3n) is 3.18. The number of ether oxygens (including phenoxy) is 1. The maximum absolute atomic E-state index is 13.1. The zero-order valence-electron chi connectivity index (χ0n) is 11.8. The van der Waals surface area contributed by atoms with Crippen molar-refractivity contribution >= 4 is 28.5 Å². The number of rotatable bonds is 4. The van der Waals surface area contributed by atoms with Crippen LogP contribution in [0.15, 0.2) is 42.7 Å². The normalized spacial score (nSPS) is 10.7. The third-order valence-corrected chi connectivity index (χ3v) is 3.47. The van der Waals surface area contributed by atoms with E-state index in [1.54, 1.807) is 18.2 Å². The number of aromatic nitrogens is 2. The summed E-state index contributed by atoms with van der Waals surface area (Å²) < 4.78 is 18.7. The standard InChI is InChI=1S/C16H11ClFN3O2/c17-12-3-9(1-2-13(12)18)8-23-11-5-15-14(21-7-11)4-10(6-20-15)16(19)22/h1-7H,8H2,(H2,19,22). The number of primary amides is 1. The number of amides is 1. The van der Waals surface area contributed by atoms with Gasteiger partial charge in [0, 0.05) is 12.3 Å². The summed E-state index contributed by atoms with van der Waals surface area (Å²) >= 11 is 5.72. The maximum atomic E-state index is 13.1. The first-order valence-corrected chi connectivity index (χ1v) is 7.03. The van der Waals surface area contributed by atoms with E-state index >= 15 is 0 Å². The van der Waals surface area contributed by atoms with Crippen LogP contribution >= 0.6 is 11.6 Å². The Morgan fingerprint density at radius 3 is 2.65 bits per heavy atom. The lowest BCUT2D eigenvalue weighted by atomic mass is 10.2. The summed E-state index contributed by atoms with van der Waals surface area (Å²) in [7, 11) is 0. The molecule has 0 saturated carbocycles. The molecule has 0 unspecified atom stereocenters. The van der Waals surface area contributed by atoms with Crippen molar-refractivity contribution in [2.75, 3.05) is 0 Å². The molecule has 7 heteroatoms. The average molecular weight is 332 g/mol. The Hall–Kier alpha value is -2.73. The van der Waals surface area contributed by atoms with E-state index in [-0.39, 0.29) is 11.6 Å². The number of nitrogens with two attached hydrogens (primary N) is 1. The van der Waals surface area contributed by atoms with Gasteiger partial charge >= 0.3 is 0 Å². The minimum atomic E-state index is -0.560. The number of hydrogen-bond donors (Lipinski definition) is 1. The highest BCUT2D eigenvalue weighted by Gasteiger charge is 2.06. The highest BCUT2D eigenvalue weighted by molar-refractivity contribution is 6.30. The molecule has 0 aliphatic rings. The van der Waals surface area contributed by atoms with Crippen LogP contribution in [-0.2, 0) is 6.61 Å². The molecule has 23 heavy (non-hydrogen) atoms. The fourth-order valence-corrected chi connectivity index (χ4v) is 2.20. The van der Waals surface area contributed by atoms with Crippen LogP contribution in [-0.4, -0.2) is 15.9 Å². The van der Waals surface area contributed by atoms with Gasteiger partial charge in [0.25, 0.3) is 0 Å². The van der Waals surface area contributed by atoms with E-state index in [1.807, 2.05) is 0 Å². The second kappa shape index (κ2) is 6.18. The molecule has 0 fully saturated rings. The Kier molecular flexibility index (Phi) is 4.08. The first-order chi connectivity index (χ1) is 11.0. The number of benzene rings is 1. The van der Waals surface area contributed by atoms with Crippen LogP contribution in [0.3, 0.4) is 0 Å². The molecule has 0 aliphatic heterocycles. The Morgan fingerprint density at radius 2 is 1.91 bits per heavy atom. The van der Waals surface area contributed by atoms with Crippen molar-refractivity contribution in [1.82, 2.24) is 9.97 Å². The van der Waals surface area contributed by atoms with Gasteiger partial charge in [-0.1, -0.05) is 17.7 Å². The van der Waals surface area contributed by atoms with E-state index in [9.17, 15) is 9.18 Å². The fraction of sp³-hybridized carbons (Fsp3) is 0.0625. The zero-order valence-corrected chi connectivity index (χ0v) is 12.5. The van der Waals surface area contributed by atoms with Crippen molar-refractivity contribution in [3.05, 3.63) is 64.7 Å². The van der Waals surface area contributed by atoms with Gasteiger partial charge in [0.1, 0.15) is 18.2 Å². The van der Waals surface area contributed by atoms with Gasteiger partial charge in [-0.15, -0.1) is 0 Å². The molecule has 0 spiro atoms. The lowest BCUT2D eigenvalue weighted by Crippen LogP contribution is -2.11. The third kappa shape index (κ3) is 3.37. The molecule has 0 bridgehead atoms. The van der Waals surface area contributed by atoms with Crippen molar-refractivity contribution < 1.29 is 13.9 Å². The van der Waals surface area contributed by atoms with E-state index in [0.717, 1.165) is 5.56 Å². The molecule has 0 saturated heterocycles. The summed E-state index contributed by atoms with van der Waals surface area (Å²) in [5, 5.41) is 0.0448. The molecule has 5 nitrogen and oxygen atoms in total. The molecule has 3 aromatic rings. The number of carbonyl (C=O) groups is 1. The van der Waals surface area contributed by atoms with E-state index in [4.69, 9.17) is 22.1 Å². The van der Waals surface area contributed by atoms with Gasteiger partial charge < -0.3 is 10.5 Å². The van der Waals surface area contributed by atoms with E-state index in [1.165, 1.54) is 24.5 Å². The topological polar surface area (TPSA) is 78.1 Å².